The van der Waals surface area contributed by atoms with Gasteiger partial charge in [0.25, 0.3) is 0 Å². The highest BCUT2D eigenvalue weighted by Gasteiger charge is 2.88. The molecule has 2 heterocycles. The van der Waals surface area contributed by atoms with E-state index in [2.05, 4.69) is 16.6 Å². The summed E-state index contributed by atoms with van der Waals surface area (Å²) in [6.07, 6.45) is 7.90. The molecule has 3 aliphatic carbocycles. The zero-order valence-electron chi connectivity index (χ0n) is 16.7. The highest BCUT2D eigenvalue weighted by atomic mass is 32.2. The number of rotatable bonds is 6. The molecule has 5 fully saturated rings. The van der Waals surface area contributed by atoms with Crippen LogP contribution in [0.15, 0.2) is 12.7 Å². The maximum atomic E-state index is 13.5. The summed E-state index contributed by atoms with van der Waals surface area (Å²) in [5.74, 6) is -0.686. The Balaban J connectivity index is 1.44. The van der Waals surface area contributed by atoms with E-state index in [-0.39, 0.29) is 40.5 Å². The molecule has 0 aromatic carbocycles. The Morgan fingerprint density at radius 2 is 1.83 bits per heavy atom. The Hall–Kier alpha value is -1.45. The van der Waals surface area contributed by atoms with Crippen LogP contribution in [-0.4, -0.2) is 50.2 Å². The van der Waals surface area contributed by atoms with E-state index in [1.165, 1.54) is 4.31 Å². The average molecular weight is 423 g/mol. The third-order valence-corrected chi connectivity index (χ3v) is 10.2. The van der Waals surface area contributed by atoms with Crippen molar-refractivity contribution < 1.29 is 18.0 Å². The van der Waals surface area contributed by atoms with Gasteiger partial charge in [0, 0.05) is 19.6 Å². The van der Waals surface area contributed by atoms with E-state index in [0.29, 0.717) is 32.5 Å². The van der Waals surface area contributed by atoms with Crippen LogP contribution < -0.4 is 15.8 Å². The highest BCUT2D eigenvalue weighted by Crippen LogP contribution is 2.89. The first-order valence-corrected chi connectivity index (χ1v) is 12.2. The van der Waals surface area contributed by atoms with Gasteiger partial charge in [0.15, 0.2) is 0 Å². The van der Waals surface area contributed by atoms with Crippen molar-refractivity contribution in [2.45, 2.75) is 51.0 Å². The van der Waals surface area contributed by atoms with E-state index in [1.807, 2.05) is 0 Å². The molecule has 5 atom stereocenters. The molecule has 5 rings (SSSR count). The minimum Gasteiger partial charge on any atom is -0.368 e. The Labute approximate surface area is 171 Å². The van der Waals surface area contributed by atoms with Gasteiger partial charge in [-0.15, -0.1) is 6.58 Å². The predicted molar refractivity (Wildman–Crippen MR) is 106 cm³/mol. The molecule has 2 saturated heterocycles. The first-order chi connectivity index (χ1) is 13.7. The van der Waals surface area contributed by atoms with Crippen molar-refractivity contribution >= 4 is 22.0 Å². The van der Waals surface area contributed by atoms with E-state index in [4.69, 9.17) is 5.73 Å². The molecule has 4 N–H and O–H groups in total. The van der Waals surface area contributed by atoms with Crippen LogP contribution >= 0.6 is 0 Å². The van der Waals surface area contributed by atoms with Gasteiger partial charge < -0.3 is 11.1 Å². The lowest BCUT2D eigenvalue weighted by molar-refractivity contribution is -0.126. The summed E-state index contributed by atoms with van der Waals surface area (Å²) in [7, 11) is -3.82. The van der Waals surface area contributed by atoms with Crippen molar-refractivity contribution in [3.8, 4) is 0 Å². The van der Waals surface area contributed by atoms with Crippen molar-refractivity contribution in [2.24, 2.45) is 33.8 Å². The molecule has 0 aromatic heterocycles. The number of fused-ring (bicyclic) bond motifs is 1. The lowest BCUT2D eigenvalue weighted by Crippen LogP contribution is -2.46. The number of amides is 2. The van der Waals surface area contributed by atoms with Gasteiger partial charge >= 0.3 is 10.2 Å². The van der Waals surface area contributed by atoms with Gasteiger partial charge in [0.1, 0.15) is 0 Å². The molecule has 2 amide bonds. The number of carbonyl (C=O) groups excluding carboxylic acids is 2. The van der Waals surface area contributed by atoms with Gasteiger partial charge in [0.2, 0.25) is 11.8 Å². The van der Waals surface area contributed by atoms with Gasteiger partial charge in [-0.05, 0) is 61.2 Å². The Morgan fingerprint density at radius 3 is 2.31 bits per heavy atom. The third-order valence-electron chi connectivity index (χ3n) is 8.74. The van der Waals surface area contributed by atoms with Crippen molar-refractivity contribution in [1.82, 2.24) is 14.3 Å². The molecule has 2 aliphatic heterocycles. The monoisotopic (exact) mass is 422 g/mol. The van der Waals surface area contributed by atoms with E-state index in [0.717, 1.165) is 32.1 Å². The predicted octanol–water partition coefficient (Wildman–Crippen LogP) is 0.269. The molecule has 3 saturated carbocycles. The Morgan fingerprint density at radius 1 is 1.14 bits per heavy atom. The van der Waals surface area contributed by atoms with Crippen molar-refractivity contribution in [3.05, 3.63) is 12.7 Å². The number of nitrogens with two attached hydrogens (primary N) is 1. The van der Waals surface area contributed by atoms with Gasteiger partial charge in [-0.3, -0.25) is 9.59 Å². The molecule has 0 radical (unpaired) electrons. The largest absolute Gasteiger partial charge is 0.368 e. The second-order valence-electron chi connectivity index (χ2n) is 9.77. The molecule has 5 aliphatic rings. The smallest absolute Gasteiger partial charge is 0.303 e. The van der Waals surface area contributed by atoms with Crippen LogP contribution in [0.1, 0.15) is 44.9 Å². The Bertz CT molecular complexity index is 879. The molecular formula is C20H30N4O4S. The van der Waals surface area contributed by atoms with Crippen LogP contribution in [-0.2, 0) is 19.8 Å². The fourth-order valence-corrected chi connectivity index (χ4v) is 8.50. The minimum atomic E-state index is -3.82. The fraction of sp³-hybridized carbons (Fsp3) is 0.800. The van der Waals surface area contributed by atoms with Crippen LogP contribution in [0.3, 0.4) is 0 Å². The quantitative estimate of drug-likeness (QED) is 0.531. The summed E-state index contributed by atoms with van der Waals surface area (Å²) in [4.78, 5) is 25.2. The molecule has 0 aromatic rings. The van der Waals surface area contributed by atoms with Crippen LogP contribution in [0.4, 0.5) is 0 Å². The lowest BCUT2D eigenvalue weighted by atomic mass is 9.73. The second-order valence-corrected chi connectivity index (χ2v) is 11.4. The van der Waals surface area contributed by atoms with Gasteiger partial charge in [0.05, 0.1) is 11.5 Å². The summed E-state index contributed by atoms with van der Waals surface area (Å²) in [5.41, 5.74) is 4.70. The summed E-state index contributed by atoms with van der Waals surface area (Å²) in [5, 5.41) is 3.27. The molecule has 3 unspecified atom stereocenters. The summed E-state index contributed by atoms with van der Waals surface area (Å²) < 4.78 is 29.3. The van der Waals surface area contributed by atoms with Crippen LogP contribution in [0.2, 0.25) is 0 Å². The summed E-state index contributed by atoms with van der Waals surface area (Å²) in [6.45, 7) is 5.50. The normalized spacial score (nSPS) is 42.6. The summed E-state index contributed by atoms with van der Waals surface area (Å²) >= 11 is 0. The Kier molecular flexibility index (Phi) is 4.07. The van der Waals surface area contributed by atoms with Gasteiger partial charge in [-0.2, -0.15) is 12.7 Å². The number of primary amides is 1. The molecule has 160 valence electrons. The van der Waals surface area contributed by atoms with Crippen molar-refractivity contribution in [1.29, 1.82) is 0 Å². The second kappa shape index (κ2) is 6.04. The molecular weight excluding hydrogens is 392 g/mol. The van der Waals surface area contributed by atoms with Gasteiger partial charge in [-0.25, -0.2) is 4.72 Å². The number of hydrogen-bond acceptors (Lipinski definition) is 5. The first-order valence-electron chi connectivity index (χ1n) is 10.7. The number of nitrogens with one attached hydrogen (secondary N) is 2. The average Bonchev–Trinajstić information content (AvgIpc) is 3.22. The first kappa shape index (κ1) is 19.5. The molecule has 0 bridgehead atoms. The fourth-order valence-electron chi connectivity index (χ4n) is 7.21. The third kappa shape index (κ3) is 2.41. The van der Waals surface area contributed by atoms with E-state index >= 15 is 0 Å². The molecule has 2 spiro atoms. The maximum absolute atomic E-state index is 13.5. The topological polar surface area (TPSA) is 122 Å². The minimum absolute atomic E-state index is 0.0224. The van der Waals surface area contributed by atoms with E-state index in [1.54, 1.807) is 6.08 Å². The van der Waals surface area contributed by atoms with Crippen molar-refractivity contribution in [2.75, 3.05) is 19.6 Å². The number of hydrogen-bond donors (Lipinski definition) is 3. The van der Waals surface area contributed by atoms with Crippen molar-refractivity contribution in [3.63, 3.8) is 0 Å². The summed E-state index contributed by atoms with van der Waals surface area (Å²) in [6, 6.07) is -0.369. The number of nitrogens with zero attached hydrogens (tertiary/aromatic N) is 1. The zero-order chi connectivity index (χ0) is 20.7. The zero-order valence-corrected chi connectivity index (χ0v) is 17.5. The van der Waals surface area contributed by atoms with Crippen LogP contribution in [0.5, 0.6) is 0 Å². The lowest BCUT2D eigenvalue weighted by Gasteiger charge is -2.32. The van der Waals surface area contributed by atoms with E-state index < -0.39 is 15.6 Å². The standard InChI is InChI=1S/C20H30N4O4S/c1-2-13-10-20(13,17(26)23-29(27,28)24-8-3-4-9-24)16-18(6-5-7-18)19(16)11-14(15(21)25)22-12-19/h2,13-14,16,22H,1,3-12H2,(H2,21,25)(H,23,26)/t13-,14?,16?,19?,20-/m1/s1. The van der Waals surface area contributed by atoms with E-state index in [9.17, 15) is 18.0 Å². The molecule has 29 heavy (non-hydrogen) atoms. The number of carbonyl (C=O) groups is 2. The number of allylic oxidation sites excluding steroid dienone is 1. The maximum Gasteiger partial charge on any atom is 0.303 e. The highest BCUT2D eigenvalue weighted by molar-refractivity contribution is 7.87. The van der Waals surface area contributed by atoms with Gasteiger partial charge in [-0.1, -0.05) is 12.5 Å². The van der Waals surface area contributed by atoms with Crippen LogP contribution in [0, 0.1) is 28.1 Å². The van der Waals surface area contributed by atoms with Crippen LogP contribution in [0.25, 0.3) is 0 Å². The SMILES string of the molecule is C=C[C@@H]1C[C@]1(C(=O)NS(=O)(=O)N1CCCC1)C1C2(CCC2)C12CNC(C(N)=O)C2. The molecule has 9 heteroatoms. The molecule has 8 nitrogen and oxygen atoms in total.